The Balaban J connectivity index is 1.70. The SMILES string of the molecule is CCCC1CCC(C(=O)Oc2ccc(C3CO3)c(F)c2C(F)F)CC1. The van der Waals surface area contributed by atoms with Gasteiger partial charge in [-0.15, -0.1) is 0 Å². The van der Waals surface area contributed by atoms with E-state index in [9.17, 15) is 18.0 Å². The molecule has 0 aromatic heterocycles. The van der Waals surface area contributed by atoms with E-state index in [4.69, 9.17) is 9.47 Å². The summed E-state index contributed by atoms with van der Waals surface area (Å²) in [5.74, 6) is -1.62. The third-order valence-corrected chi connectivity index (χ3v) is 5.16. The third-order valence-electron chi connectivity index (χ3n) is 5.16. The molecule has 1 heterocycles. The maximum absolute atomic E-state index is 14.4. The molecule has 0 amide bonds. The zero-order valence-corrected chi connectivity index (χ0v) is 14.3. The van der Waals surface area contributed by atoms with Crippen LogP contribution in [0, 0.1) is 17.7 Å². The summed E-state index contributed by atoms with van der Waals surface area (Å²) in [4.78, 5) is 12.3. The molecule has 1 saturated heterocycles. The lowest BCUT2D eigenvalue weighted by Crippen LogP contribution is -2.26. The van der Waals surface area contributed by atoms with Crippen molar-refractivity contribution in [3.05, 3.63) is 29.1 Å². The van der Waals surface area contributed by atoms with E-state index >= 15 is 0 Å². The van der Waals surface area contributed by atoms with Gasteiger partial charge < -0.3 is 9.47 Å². The van der Waals surface area contributed by atoms with Crippen LogP contribution >= 0.6 is 0 Å². The van der Waals surface area contributed by atoms with Gasteiger partial charge in [-0.3, -0.25) is 4.79 Å². The summed E-state index contributed by atoms with van der Waals surface area (Å²) in [6.45, 7) is 2.46. The zero-order valence-electron chi connectivity index (χ0n) is 14.3. The Morgan fingerprint density at radius 1 is 1.28 bits per heavy atom. The minimum absolute atomic E-state index is 0.0928. The molecular formula is C19H23F3O3. The molecule has 25 heavy (non-hydrogen) atoms. The molecule has 1 unspecified atom stereocenters. The summed E-state index contributed by atoms with van der Waals surface area (Å²) in [5.41, 5.74) is -0.754. The number of hydrogen-bond donors (Lipinski definition) is 0. The van der Waals surface area contributed by atoms with Crippen LogP contribution in [-0.4, -0.2) is 12.6 Å². The van der Waals surface area contributed by atoms with Crippen molar-refractivity contribution in [1.29, 1.82) is 0 Å². The van der Waals surface area contributed by atoms with Gasteiger partial charge in [0, 0.05) is 5.56 Å². The highest BCUT2D eigenvalue weighted by Crippen LogP contribution is 2.40. The first-order valence-corrected chi connectivity index (χ1v) is 8.95. The van der Waals surface area contributed by atoms with E-state index in [1.807, 2.05) is 0 Å². The lowest BCUT2D eigenvalue weighted by atomic mass is 9.80. The number of carbonyl (C=O) groups is 1. The maximum Gasteiger partial charge on any atom is 0.314 e. The summed E-state index contributed by atoms with van der Waals surface area (Å²) in [5, 5.41) is 0. The topological polar surface area (TPSA) is 38.8 Å². The smallest absolute Gasteiger partial charge is 0.314 e. The van der Waals surface area contributed by atoms with E-state index < -0.39 is 29.9 Å². The molecule has 138 valence electrons. The highest BCUT2D eigenvalue weighted by Gasteiger charge is 2.34. The van der Waals surface area contributed by atoms with Crippen LogP contribution < -0.4 is 4.74 Å². The van der Waals surface area contributed by atoms with E-state index in [1.54, 1.807) is 0 Å². The van der Waals surface area contributed by atoms with Crippen LogP contribution in [0.3, 0.4) is 0 Å². The number of epoxide rings is 1. The molecule has 2 fully saturated rings. The fraction of sp³-hybridized carbons (Fsp3) is 0.632. The number of carbonyl (C=O) groups excluding carboxylic acids is 1. The van der Waals surface area contributed by atoms with Gasteiger partial charge >= 0.3 is 5.97 Å². The van der Waals surface area contributed by atoms with Gasteiger partial charge in [0.25, 0.3) is 6.43 Å². The van der Waals surface area contributed by atoms with Gasteiger partial charge in [-0.25, -0.2) is 13.2 Å². The minimum Gasteiger partial charge on any atom is -0.426 e. The molecule has 1 atom stereocenters. The Hall–Kier alpha value is -1.56. The average molecular weight is 356 g/mol. The van der Waals surface area contributed by atoms with Crippen molar-refractivity contribution in [2.75, 3.05) is 6.61 Å². The molecule has 1 aromatic carbocycles. The molecular weight excluding hydrogens is 333 g/mol. The van der Waals surface area contributed by atoms with Gasteiger partial charge in [0.15, 0.2) is 0 Å². The Bertz CT molecular complexity index is 621. The van der Waals surface area contributed by atoms with Crippen LogP contribution in [0.4, 0.5) is 13.2 Å². The first-order valence-electron chi connectivity index (χ1n) is 8.95. The van der Waals surface area contributed by atoms with E-state index in [-0.39, 0.29) is 17.2 Å². The average Bonchev–Trinajstić information content (AvgIpc) is 3.40. The molecule has 0 radical (unpaired) electrons. The van der Waals surface area contributed by atoms with Crippen molar-refractivity contribution in [1.82, 2.24) is 0 Å². The number of halogens is 3. The maximum atomic E-state index is 14.4. The molecule has 3 nitrogen and oxygen atoms in total. The normalized spacial score (nSPS) is 25.9. The number of ether oxygens (including phenoxy) is 2. The number of benzene rings is 1. The molecule has 1 aliphatic carbocycles. The van der Waals surface area contributed by atoms with Crippen molar-refractivity contribution in [3.63, 3.8) is 0 Å². The zero-order chi connectivity index (χ0) is 18.0. The Morgan fingerprint density at radius 2 is 1.96 bits per heavy atom. The number of alkyl halides is 2. The Labute approximate surface area is 145 Å². The van der Waals surface area contributed by atoms with Crippen molar-refractivity contribution in [3.8, 4) is 5.75 Å². The fourth-order valence-corrected chi connectivity index (χ4v) is 3.65. The van der Waals surface area contributed by atoms with Gasteiger partial charge in [-0.05, 0) is 43.7 Å². The molecule has 0 N–H and O–H groups in total. The van der Waals surface area contributed by atoms with E-state index in [0.717, 1.165) is 25.7 Å². The number of esters is 1. The van der Waals surface area contributed by atoms with Crippen LogP contribution in [0.2, 0.25) is 0 Å². The van der Waals surface area contributed by atoms with Gasteiger partial charge in [0.1, 0.15) is 17.7 Å². The van der Waals surface area contributed by atoms with E-state index in [1.165, 1.54) is 12.1 Å². The molecule has 2 aliphatic rings. The molecule has 6 heteroatoms. The standard InChI is InChI=1S/C19H23F3O3/c1-2-3-11-4-6-12(7-5-11)19(23)25-14-9-8-13(15-10-24-15)17(20)16(14)18(21)22/h8-9,11-12,15,18H,2-7,10H2,1H3. The van der Waals surface area contributed by atoms with Crippen molar-refractivity contribution in [2.24, 2.45) is 11.8 Å². The summed E-state index contributed by atoms with van der Waals surface area (Å²) in [7, 11) is 0. The van der Waals surface area contributed by atoms with Gasteiger partial charge in [-0.2, -0.15) is 0 Å². The molecule has 1 aromatic rings. The Kier molecular flexibility index (Phi) is 5.67. The van der Waals surface area contributed by atoms with Crippen LogP contribution in [0.5, 0.6) is 5.75 Å². The summed E-state index contributed by atoms with van der Waals surface area (Å²) in [6.07, 6.45) is 2.02. The molecule has 0 bridgehead atoms. The van der Waals surface area contributed by atoms with Crippen LogP contribution in [0.1, 0.15) is 69.1 Å². The fourth-order valence-electron chi connectivity index (χ4n) is 3.65. The number of hydrogen-bond acceptors (Lipinski definition) is 3. The van der Waals surface area contributed by atoms with Crippen molar-refractivity contribution in [2.45, 2.75) is 58.0 Å². The van der Waals surface area contributed by atoms with Crippen molar-refractivity contribution < 1.29 is 27.4 Å². The highest BCUT2D eigenvalue weighted by molar-refractivity contribution is 5.75. The van der Waals surface area contributed by atoms with Gasteiger partial charge in [0.05, 0.1) is 18.1 Å². The number of rotatable bonds is 6. The quantitative estimate of drug-likeness (QED) is 0.392. The molecule has 0 spiro atoms. The second-order valence-electron chi connectivity index (χ2n) is 6.93. The van der Waals surface area contributed by atoms with Crippen LogP contribution in [0.25, 0.3) is 0 Å². The minimum atomic E-state index is -3.05. The second-order valence-corrected chi connectivity index (χ2v) is 6.93. The molecule has 1 saturated carbocycles. The molecule has 3 rings (SSSR count). The van der Waals surface area contributed by atoms with Gasteiger partial charge in [-0.1, -0.05) is 19.8 Å². The predicted molar refractivity (Wildman–Crippen MR) is 86.0 cm³/mol. The first-order chi connectivity index (χ1) is 12.0. The third kappa shape index (κ3) is 4.17. The monoisotopic (exact) mass is 356 g/mol. The van der Waals surface area contributed by atoms with E-state index in [0.29, 0.717) is 25.4 Å². The summed E-state index contributed by atoms with van der Waals surface area (Å²) in [6, 6.07) is 2.61. The Morgan fingerprint density at radius 3 is 2.52 bits per heavy atom. The molecule has 1 aliphatic heterocycles. The van der Waals surface area contributed by atoms with Gasteiger partial charge in [0.2, 0.25) is 0 Å². The highest BCUT2D eigenvalue weighted by atomic mass is 19.3. The lowest BCUT2D eigenvalue weighted by molar-refractivity contribution is -0.140. The predicted octanol–water partition coefficient (Wildman–Crippen LogP) is 5.35. The van der Waals surface area contributed by atoms with Crippen molar-refractivity contribution >= 4 is 5.97 Å². The largest absolute Gasteiger partial charge is 0.426 e. The first kappa shape index (κ1) is 18.2. The lowest BCUT2D eigenvalue weighted by Gasteiger charge is -2.27. The van der Waals surface area contributed by atoms with E-state index in [2.05, 4.69) is 6.92 Å². The summed E-state index contributed by atoms with van der Waals surface area (Å²) >= 11 is 0. The van der Waals surface area contributed by atoms with Crippen LogP contribution in [-0.2, 0) is 9.53 Å². The second kappa shape index (κ2) is 7.77. The van der Waals surface area contributed by atoms with Crippen LogP contribution in [0.15, 0.2) is 12.1 Å². The summed E-state index contributed by atoms with van der Waals surface area (Å²) < 4.78 is 51.1.